The monoisotopic (exact) mass is 499 g/mol. The molecule has 0 aromatic heterocycles. The van der Waals surface area contributed by atoms with Crippen molar-refractivity contribution >= 4 is 35.6 Å². The van der Waals surface area contributed by atoms with Gasteiger partial charge in [-0.25, -0.2) is 9.38 Å². The Balaban J connectivity index is 0.00000364. The van der Waals surface area contributed by atoms with Crippen molar-refractivity contribution in [3.05, 3.63) is 53.3 Å². The Morgan fingerprint density at radius 3 is 2.41 bits per heavy atom. The van der Waals surface area contributed by atoms with Crippen molar-refractivity contribution in [1.29, 1.82) is 0 Å². The van der Waals surface area contributed by atoms with Gasteiger partial charge < -0.3 is 20.5 Å². The SMILES string of the molecule is COc1ccc(OC)c(NC(N)=NCc2ccc(F)cc2C(F)(F)F)c1.I. The molecule has 10 heteroatoms. The number of nitrogens with one attached hydrogen (secondary N) is 1. The minimum atomic E-state index is -4.69. The van der Waals surface area contributed by atoms with Gasteiger partial charge in [-0.3, -0.25) is 0 Å². The molecule has 27 heavy (non-hydrogen) atoms. The maximum atomic E-state index is 13.1. The molecule has 0 atom stereocenters. The third kappa shape index (κ3) is 6.15. The van der Waals surface area contributed by atoms with Crippen molar-refractivity contribution in [2.45, 2.75) is 12.7 Å². The van der Waals surface area contributed by atoms with Gasteiger partial charge in [0, 0.05) is 6.07 Å². The number of hydrogen-bond acceptors (Lipinski definition) is 3. The molecular weight excluding hydrogens is 481 g/mol. The molecule has 2 aromatic rings. The van der Waals surface area contributed by atoms with E-state index in [4.69, 9.17) is 15.2 Å². The molecule has 0 aliphatic rings. The van der Waals surface area contributed by atoms with Gasteiger partial charge in [0.05, 0.1) is 32.0 Å². The Hall–Kier alpha value is -2.24. The number of rotatable bonds is 5. The molecule has 2 aromatic carbocycles. The zero-order chi connectivity index (χ0) is 19.3. The summed E-state index contributed by atoms with van der Waals surface area (Å²) in [6.45, 7) is -0.375. The Kier molecular flexibility index (Phi) is 8.13. The molecule has 148 valence electrons. The molecule has 0 saturated carbocycles. The zero-order valence-corrected chi connectivity index (χ0v) is 16.8. The van der Waals surface area contributed by atoms with Crippen LogP contribution >= 0.6 is 24.0 Å². The summed E-state index contributed by atoms with van der Waals surface area (Å²) in [5.41, 5.74) is 4.90. The standard InChI is InChI=1S/C17H17F4N3O2.HI/c1-25-12-5-6-15(26-2)14(8-12)24-16(22)23-9-10-3-4-11(18)7-13(10)17(19,20)21;/h3-8H,9H2,1-2H3,(H3,22,23,24);1H. The first kappa shape index (κ1) is 22.8. The highest BCUT2D eigenvalue weighted by Gasteiger charge is 2.33. The summed E-state index contributed by atoms with van der Waals surface area (Å²) in [5.74, 6) is -0.132. The summed E-state index contributed by atoms with van der Waals surface area (Å²) < 4.78 is 62.3. The Labute approximate surface area is 170 Å². The molecule has 5 nitrogen and oxygen atoms in total. The maximum absolute atomic E-state index is 13.1. The number of methoxy groups -OCH3 is 2. The number of nitrogens with two attached hydrogens (primary N) is 1. The molecule has 0 unspecified atom stereocenters. The van der Waals surface area contributed by atoms with E-state index in [1.165, 1.54) is 14.2 Å². The van der Waals surface area contributed by atoms with Crippen molar-refractivity contribution in [3.8, 4) is 11.5 Å². The molecule has 0 amide bonds. The van der Waals surface area contributed by atoms with Gasteiger partial charge in [-0.15, -0.1) is 24.0 Å². The van der Waals surface area contributed by atoms with Crippen LogP contribution in [0.25, 0.3) is 0 Å². The predicted octanol–water partition coefficient (Wildman–Crippen LogP) is 4.41. The molecule has 0 bridgehead atoms. The largest absolute Gasteiger partial charge is 0.497 e. The van der Waals surface area contributed by atoms with Gasteiger partial charge >= 0.3 is 6.18 Å². The fourth-order valence-electron chi connectivity index (χ4n) is 2.21. The molecule has 3 N–H and O–H groups in total. The second kappa shape index (κ2) is 9.62. The highest BCUT2D eigenvalue weighted by molar-refractivity contribution is 14.0. The van der Waals surface area contributed by atoms with Crippen LogP contribution in [0.3, 0.4) is 0 Å². The van der Waals surface area contributed by atoms with Gasteiger partial charge in [-0.1, -0.05) is 6.07 Å². The van der Waals surface area contributed by atoms with E-state index in [9.17, 15) is 17.6 Å². The highest BCUT2D eigenvalue weighted by atomic mass is 127. The lowest BCUT2D eigenvalue weighted by Crippen LogP contribution is -2.23. The van der Waals surface area contributed by atoms with E-state index in [0.717, 1.165) is 12.1 Å². The number of alkyl halides is 3. The average molecular weight is 499 g/mol. The van der Waals surface area contributed by atoms with Crippen LogP contribution in [-0.2, 0) is 12.7 Å². The molecule has 0 radical (unpaired) electrons. The van der Waals surface area contributed by atoms with Gasteiger partial charge in [0.25, 0.3) is 0 Å². The fraction of sp³-hybridized carbons (Fsp3) is 0.235. The molecular formula is C17H18F4IN3O2. The van der Waals surface area contributed by atoms with Gasteiger partial charge in [-0.2, -0.15) is 13.2 Å². The number of anilines is 1. The lowest BCUT2D eigenvalue weighted by atomic mass is 10.1. The fourth-order valence-corrected chi connectivity index (χ4v) is 2.21. The second-order valence-electron chi connectivity index (χ2n) is 5.19. The molecule has 0 spiro atoms. The number of guanidine groups is 1. The number of benzene rings is 2. The highest BCUT2D eigenvalue weighted by Crippen LogP contribution is 2.33. The summed E-state index contributed by atoms with van der Waals surface area (Å²) in [6.07, 6.45) is -4.69. The first-order chi connectivity index (χ1) is 12.2. The van der Waals surface area contributed by atoms with Crippen LogP contribution in [0.1, 0.15) is 11.1 Å². The van der Waals surface area contributed by atoms with Gasteiger partial charge in [-0.05, 0) is 29.8 Å². The maximum Gasteiger partial charge on any atom is 0.416 e. The van der Waals surface area contributed by atoms with Crippen molar-refractivity contribution < 1.29 is 27.0 Å². The molecule has 0 fully saturated rings. The topological polar surface area (TPSA) is 68.9 Å². The van der Waals surface area contributed by atoms with Crippen LogP contribution in [0.5, 0.6) is 11.5 Å². The number of nitrogens with zero attached hydrogens (tertiary/aromatic N) is 1. The van der Waals surface area contributed by atoms with Gasteiger partial charge in [0.1, 0.15) is 17.3 Å². The molecule has 0 heterocycles. The van der Waals surface area contributed by atoms with E-state index in [1.54, 1.807) is 18.2 Å². The normalized spacial score (nSPS) is 11.6. The minimum Gasteiger partial charge on any atom is -0.497 e. The molecule has 2 rings (SSSR count). The molecule has 0 aliphatic carbocycles. The van der Waals surface area contributed by atoms with E-state index in [1.807, 2.05) is 0 Å². The smallest absolute Gasteiger partial charge is 0.416 e. The third-order valence-corrected chi connectivity index (χ3v) is 3.47. The van der Waals surface area contributed by atoms with Crippen LogP contribution < -0.4 is 20.5 Å². The Morgan fingerprint density at radius 1 is 1.11 bits per heavy atom. The van der Waals surface area contributed by atoms with E-state index in [0.29, 0.717) is 23.3 Å². The molecule has 0 aliphatic heterocycles. The van der Waals surface area contributed by atoms with E-state index in [-0.39, 0.29) is 42.0 Å². The number of hydrogen-bond donors (Lipinski definition) is 2. The summed E-state index contributed by atoms with van der Waals surface area (Å²) in [6, 6.07) is 7.30. The lowest BCUT2D eigenvalue weighted by molar-refractivity contribution is -0.138. The lowest BCUT2D eigenvalue weighted by Gasteiger charge is -2.13. The summed E-state index contributed by atoms with van der Waals surface area (Å²) >= 11 is 0. The van der Waals surface area contributed by atoms with Crippen molar-refractivity contribution in [1.82, 2.24) is 0 Å². The van der Waals surface area contributed by atoms with Crippen molar-refractivity contribution in [2.24, 2.45) is 10.7 Å². The van der Waals surface area contributed by atoms with E-state index >= 15 is 0 Å². The quantitative estimate of drug-likeness (QED) is 0.277. The first-order valence-electron chi connectivity index (χ1n) is 7.39. The van der Waals surface area contributed by atoms with E-state index < -0.39 is 17.6 Å². The van der Waals surface area contributed by atoms with Crippen LogP contribution in [-0.4, -0.2) is 20.2 Å². The number of halogens is 5. The van der Waals surface area contributed by atoms with Crippen molar-refractivity contribution in [3.63, 3.8) is 0 Å². The Morgan fingerprint density at radius 2 is 1.81 bits per heavy atom. The van der Waals surface area contributed by atoms with Crippen LogP contribution in [0.4, 0.5) is 23.2 Å². The first-order valence-corrected chi connectivity index (χ1v) is 7.39. The van der Waals surface area contributed by atoms with Crippen LogP contribution in [0.15, 0.2) is 41.4 Å². The predicted molar refractivity (Wildman–Crippen MR) is 105 cm³/mol. The van der Waals surface area contributed by atoms with E-state index in [2.05, 4.69) is 10.3 Å². The zero-order valence-electron chi connectivity index (χ0n) is 14.4. The Bertz CT molecular complexity index is 813. The summed E-state index contributed by atoms with van der Waals surface area (Å²) in [4.78, 5) is 3.89. The third-order valence-electron chi connectivity index (χ3n) is 3.47. The van der Waals surface area contributed by atoms with Gasteiger partial charge in [0.15, 0.2) is 5.96 Å². The second-order valence-corrected chi connectivity index (χ2v) is 5.19. The summed E-state index contributed by atoms with van der Waals surface area (Å²) in [5, 5.41) is 2.74. The van der Waals surface area contributed by atoms with Crippen molar-refractivity contribution in [2.75, 3.05) is 19.5 Å². The van der Waals surface area contributed by atoms with Gasteiger partial charge in [0.2, 0.25) is 0 Å². The van der Waals surface area contributed by atoms with Crippen LogP contribution in [0, 0.1) is 5.82 Å². The molecule has 0 saturated heterocycles. The minimum absolute atomic E-state index is 0. The number of aliphatic imine (C=N–C) groups is 1. The summed E-state index contributed by atoms with van der Waals surface area (Å²) in [7, 11) is 2.94. The average Bonchev–Trinajstić information content (AvgIpc) is 2.59. The van der Waals surface area contributed by atoms with Crippen LogP contribution in [0.2, 0.25) is 0 Å². The number of ether oxygens (including phenoxy) is 2.